The van der Waals surface area contributed by atoms with Crippen LogP contribution >= 0.6 is 11.3 Å². The van der Waals surface area contributed by atoms with Crippen molar-refractivity contribution in [3.63, 3.8) is 0 Å². The maximum Gasteiger partial charge on any atom is 0.341 e. The van der Waals surface area contributed by atoms with Gasteiger partial charge in [0.1, 0.15) is 16.3 Å². The highest BCUT2D eigenvalue weighted by atomic mass is 32.1. The smallest absolute Gasteiger partial charge is 0.341 e. The third-order valence-corrected chi connectivity index (χ3v) is 5.75. The molecule has 5 nitrogen and oxygen atoms in total. The number of hydrogen-bond acceptors (Lipinski definition) is 5. The van der Waals surface area contributed by atoms with Gasteiger partial charge in [-0.1, -0.05) is 18.6 Å². The van der Waals surface area contributed by atoms with E-state index in [1.54, 1.807) is 6.92 Å². The van der Waals surface area contributed by atoms with E-state index in [4.69, 9.17) is 9.47 Å². The van der Waals surface area contributed by atoms with Crippen LogP contribution in [0, 0.1) is 12.8 Å². The minimum absolute atomic E-state index is 0.00806. The minimum atomic E-state index is -0.408. The van der Waals surface area contributed by atoms with Crippen molar-refractivity contribution in [1.29, 1.82) is 0 Å². The lowest BCUT2D eigenvalue weighted by Gasteiger charge is -2.23. The molecule has 1 aromatic carbocycles. The summed E-state index contributed by atoms with van der Waals surface area (Å²) >= 11 is 1.42. The highest BCUT2D eigenvalue weighted by molar-refractivity contribution is 7.17. The van der Waals surface area contributed by atoms with E-state index in [9.17, 15) is 9.59 Å². The van der Waals surface area contributed by atoms with Crippen LogP contribution in [0.25, 0.3) is 11.1 Å². The quantitative estimate of drug-likeness (QED) is 0.676. The fourth-order valence-electron chi connectivity index (χ4n) is 3.15. The van der Waals surface area contributed by atoms with Crippen LogP contribution in [0.4, 0.5) is 5.00 Å². The predicted molar refractivity (Wildman–Crippen MR) is 108 cm³/mol. The zero-order chi connectivity index (χ0) is 19.4. The Hall–Kier alpha value is -2.34. The summed E-state index contributed by atoms with van der Waals surface area (Å²) in [5, 5.41) is 3.54. The summed E-state index contributed by atoms with van der Waals surface area (Å²) in [7, 11) is 0. The Balaban J connectivity index is 1.98. The Morgan fingerprint density at radius 3 is 2.41 bits per heavy atom. The van der Waals surface area contributed by atoms with Gasteiger partial charge in [-0.2, -0.15) is 0 Å². The first kappa shape index (κ1) is 19.4. The largest absolute Gasteiger partial charge is 0.494 e. The molecule has 1 N–H and O–H groups in total. The number of ether oxygens (including phenoxy) is 2. The van der Waals surface area contributed by atoms with Crippen LogP contribution in [0.3, 0.4) is 0 Å². The van der Waals surface area contributed by atoms with E-state index in [0.717, 1.165) is 41.0 Å². The molecule has 3 rings (SSSR count). The van der Waals surface area contributed by atoms with E-state index >= 15 is 0 Å². The van der Waals surface area contributed by atoms with Gasteiger partial charge < -0.3 is 14.8 Å². The molecular formula is C21H25NO4S. The molecule has 27 heavy (non-hydrogen) atoms. The highest BCUT2D eigenvalue weighted by Gasteiger charge is 2.29. The Kier molecular flexibility index (Phi) is 6.16. The number of rotatable bonds is 7. The molecule has 6 heteroatoms. The number of anilines is 1. The average Bonchev–Trinajstić information content (AvgIpc) is 2.90. The number of thiophene rings is 1. The van der Waals surface area contributed by atoms with E-state index < -0.39 is 5.97 Å². The standard InChI is InChI=1S/C21H25NO4S/c1-4-25-16-11-9-14(10-12-16)17-13(3)27-20(18(17)21(24)26-5-2)22-19(23)15-7-6-8-15/h9-12,15H,4-8H2,1-3H3,(H,22,23). The first-order chi connectivity index (χ1) is 13.0. The Morgan fingerprint density at radius 2 is 1.85 bits per heavy atom. The van der Waals surface area contributed by atoms with E-state index in [-0.39, 0.29) is 18.4 Å². The monoisotopic (exact) mass is 387 g/mol. The number of amides is 1. The molecule has 0 spiro atoms. The first-order valence-corrected chi connectivity index (χ1v) is 10.2. The van der Waals surface area contributed by atoms with Crippen LogP contribution in [-0.2, 0) is 9.53 Å². The molecular weight excluding hydrogens is 362 g/mol. The fraction of sp³-hybridized carbons (Fsp3) is 0.429. The molecule has 1 heterocycles. The fourth-order valence-corrected chi connectivity index (χ4v) is 4.21. The molecule has 0 atom stereocenters. The average molecular weight is 388 g/mol. The van der Waals surface area contributed by atoms with E-state index in [0.29, 0.717) is 17.2 Å². The maximum absolute atomic E-state index is 12.7. The molecule has 1 aliphatic carbocycles. The third kappa shape index (κ3) is 4.16. The number of carbonyl (C=O) groups excluding carboxylic acids is 2. The van der Waals surface area contributed by atoms with Crippen molar-refractivity contribution in [3.8, 4) is 16.9 Å². The minimum Gasteiger partial charge on any atom is -0.494 e. The molecule has 2 aromatic rings. The number of carbonyl (C=O) groups is 2. The van der Waals surface area contributed by atoms with Crippen LogP contribution in [0.15, 0.2) is 24.3 Å². The molecule has 144 valence electrons. The summed E-state index contributed by atoms with van der Waals surface area (Å²) in [5.74, 6) is 0.419. The summed E-state index contributed by atoms with van der Waals surface area (Å²) in [4.78, 5) is 26.1. The molecule has 0 saturated heterocycles. The van der Waals surface area contributed by atoms with Crippen LogP contribution in [0.2, 0.25) is 0 Å². The third-order valence-electron chi connectivity index (χ3n) is 4.73. The van der Waals surface area contributed by atoms with E-state index in [1.807, 2.05) is 38.1 Å². The van der Waals surface area contributed by atoms with Crippen molar-refractivity contribution in [3.05, 3.63) is 34.7 Å². The Bertz CT molecular complexity index is 821. The molecule has 0 unspecified atom stereocenters. The second-order valence-corrected chi connectivity index (χ2v) is 7.76. The van der Waals surface area contributed by atoms with Gasteiger partial charge in [-0.05, 0) is 51.3 Å². The summed E-state index contributed by atoms with van der Waals surface area (Å²) in [6.45, 7) is 6.56. The Labute approximate surface area is 163 Å². The highest BCUT2D eigenvalue weighted by Crippen LogP contribution is 2.41. The molecule has 1 amide bonds. The van der Waals surface area contributed by atoms with Crippen LogP contribution in [-0.4, -0.2) is 25.1 Å². The summed E-state index contributed by atoms with van der Waals surface area (Å²) in [6, 6.07) is 7.63. The van der Waals surface area contributed by atoms with Crippen molar-refractivity contribution < 1.29 is 19.1 Å². The second kappa shape index (κ2) is 8.57. The normalized spacial score (nSPS) is 13.7. The van der Waals surface area contributed by atoms with Gasteiger partial charge in [0.15, 0.2) is 0 Å². The second-order valence-electron chi connectivity index (χ2n) is 6.53. The van der Waals surface area contributed by atoms with Crippen molar-refractivity contribution in [2.45, 2.75) is 40.0 Å². The Morgan fingerprint density at radius 1 is 1.15 bits per heavy atom. The molecule has 1 aliphatic rings. The number of nitrogens with one attached hydrogen (secondary N) is 1. The van der Waals surface area contributed by atoms with Crippen molar-refractivity contribution in [1.82, 2.24) is 0 Å². The molecule has 0 radical (unpaired) electrons. The zero-order valence-corrected chi connectivity index (χ0v) is 16.8. The van der Waals surface area contributed by atoms with Gasteiger partial charge in [0.2, 0.25) is 5.91 Å². The van der Waals surface area contributed by atoms with Gasteiger partial charge in [-0.15, -0.1) is 11.3 Å². The van der Waals surface area contributed by atoms with Crippen molar-refractivity contribution >= 4 is 28.2 Å². The van der Waals surface area contributed by atoms with Crippen molar-refractivity contribution in [2.24, 2.45) is 5.92 Å². The number of benzene rings is 1. The molecule has 1 saturated carbocycles. The summed E-state index contributed by atoms with van der Waals surface area (Å²) in [5.41, 5.74) is 2.15. The van der Waals surface area contributed by atoms with Gasteiger partial charge in [0.05, 0.1) is 13.2 Å². The summed E-state index contributed by atoms with van der Waals surface area (Å²) in [6.07, 6.45) is 2.91. The lowest BCUT2D eigenvalue weighted by Crippen LogP contribution is -2.28. The van der Waals surface area contributed by atoms with Gasteiger partial charge in [0, 0.05) is 16.4 Å². The topological polar surface area (TPSA) is 64.6 Å². The SMILES string of the molecule is CCOC(=O)c1c(NC(=O)C2CCC2)sc(C)c1-c1ccc(OCC)cc1. The van der Waals surface area contributed by atoms with Gasteiger partial charge in [-0.3, -0.25) is 4.79 Å². The first-order valence-electron chi connectivity index (χ1n) is 9.39. The van der Waals surface area contributed by atoms with E-state index in [1.165, 1.54) is 11.3 Å². The van der Waals surface area contributed by atoms with Crippen LogP contribution in [0.5, 0.6) is 5.75 Å². The zero-order valence-electron chi connectivity index (χ0n) is 16.0. The molecule has 0 bridgehead atoms. The number of esters is 1. The van der Waals surface area contributed by atoms with E-state index in [2.05, 4.69) is 5.32 Å². The van der Waals surface area contributed by atoms with Crippen LogP contribution in [0.1, 0.15) is 48.3 Å². The lowest BCUT2D eigenvalue weighted by atomic mass is 9.85. The number of aryl methyl sites for hydroxylation is 1. The molecule has 1 fully saturated rings. The lowest BCUT2D eigenvalue weighted by molar-refractivity contribution is -0.122. The van der Waals surface area contributed by atoms with Gasteiger partial charge in [-0.25, -0.2) is 4.79 Å². The van der Waals surface area contributed by atoms with Gasteiger partial charge >= 0.3 is 5.97 Å². The summed E-state index contributed by atoms with van der Waals surface area (Å²) < 4.78 is 10.8. The predicted octanol–water partition coefficient (Wildman–Crippen LogP) is 5.04. The number of hydrogen-bond donors (Lipinski definition) is 1. The van der Waals surface area contributed by atoms with Crippen LogP contribution < -0.4 is 10.1 Å². The van der Waals surface area contributed by atoms with Crippen molar-refractivity contribution in [2.75, 3.05) is 18.5 Å². The molecule has 1 aromatic heterocycles. The van der Waals surface area contributed by atoms with Gasteiger partial charge in [0.25, 0.3) is 0 Å². The maximum atomic E-state index is 12.7. The molecule has 0 aliphatic heterocycles.